The number of hydrogen-bond acceptors (Lipinski definition) is 3. The van der Waals surface area contributed by atoms with Crippen molar-refractivity contribution in [3.05, 3.63) is 34.9 Å². The number of benzene rings is 1. The zero-order valence-electron chi connectivity index (χ0n) is 7.27. The summed E-state index contributed by atoms with van der Waals surface area (Å²) < 4.78 is 0. The highest BCUT2D eigenvalue weighted by Crippen LogP contribution is 2.18. The maximum absolute atomic E-state index is 8.82. The molecular formula is C10H7ClN2O. The highest BCUT2D eigenvalue weighted by atomic mass is 35.5. The number of halogens is 1. The second kappa shape index (κ2) is 3.69. The predicted molar refractivity (Wildman–Crippen MR) is 53.0 cm³/mol. The van der Waals surface area contributed by atoms with E-state index < -0.39 is 0 Å². The molecule has 1 aliphatic rings. The van der Waals surface area contributed by atoms with Crippen LogP contribution in [0.2, 0.25) is 5.02 Å². The van der Waals surface area contributed by atoms with Gasteiger partial charge >= 0.3 is 0 Å². The predicted octanol–water partition coefficient (Wildman–Crippen LogP) is 2.21. The van der Waals surface area contributed by atoms with Gasteiger partial charge in [-0.05, 0) is 12.1 Å². The van der Waals surface area contributed by atoms with Crippen LogP contribution in [0.5, 0.6) is 0 Å². The van der Waals surface area contributed by atoms with Crippen molar-refractivity contribution in [2.45, 2.75) is 0 Å². The maximum Gasteiger partial charge on any atom is 0.138 e. The molecule has 70 valence electrons. The number of rotatable bonds is 1. The summed E-state index contributed by atoms with van der Waals surface area (Å²) in [5, 5.41) is 13.3. The van der Waals surface area contributed by atoms with E-state index in [9.17, 15) is 0 Å². The molecule has 2 rings (SSSR count). The average Bonchev–Trinajstić information content (AvgIpc) is 2.67. The monoisotopic (exact) mass is 206 g/mol. The van der Waals surface area contributed by atoms with Crippen LogP contribution in [0.4, 0.5) is 0 Å². The molecule has 1 heterocycles. The molecule has 1 aromatic rings. The fourth-order valence-corrected chi connectivity index (χ4v) is 1.42. The number of oxime groups is 1. The van der Waals surface area contributed by atoms with E-state index >= 15 is 0 Å². The van der Waals surface area contributed by atoms with Gasteiger partial charge in [0.2, 0.25) is 0 Å². The van der Waals surface area contributed by atoms with E-state index in [0.717, 1.165) is 5.56 Å². The first-order valence-electron chi connectivity index (χ1n) is 4.16. The molecule has 0 amide bonds. The van der Waals surface area contributed by atoms with Crippen LogP contribution < -0.4 is 0 Å². The molecule has 0 radical (unpaired) electrons. The van der Waals surface area contributed by atoms with Crippen molar-refractivity contribution in [3.63, 3.8) is 0 Å². The van der Waals surface area contributed by atoms with E-state index in [-0.39, 0.29) is 5.92 Å². The molecule has 1 atom stereocenters. The van der Waals surface area contributed by atoms with Crippen molar-refractivity contribution in [1.29, 1.82) is 5.26 Å². The molecule has 14 heavy (non-hydrogen) atoms. The fourth-order valence-electron chi connectivity index (χ4n) is 1.30. The van der Waals surface area contributed by atoms with Crippen LogP contribution in [0.25, 0.3) is 0 Å². The lowest BCUT2D eigenvalue weighted by atomic mass is 10.00. The summed E-state index contributed by atoms with van der Waals surface area (Å²) in [5.41, 5.74) is 1.57. The minimum Gasteiger partial charge on any atom is -0.394 e. The summed E-state index contributed by atoms with van der Waals surface area (Å²) in [6, 6.07) is 9.35. The van der Waals surface area contributed by atoms with E-state index in [1.54, 1.807) is 12.1 Å². The Labute approximate surface area is 86.5 Å². The Kier molecular flexibility index (Phi) is 2.38. The topological polar surface area (TPSA) is 45.4 Å². The zero-order valence-corrected chi connectivity index (χ0v) is 8.03. The second-order valence-electron chi connectivity index (χ2n) is 2.96. The summed E-state index contributed by atoms with van der Waals surface area (Å²) in [7, 11) is 0. The summed E-state index contributed by atoms with van der Waals surface area (Å²) >= 11 is 5.75. The van der Waals surface area contributed by atoms with E-state index in [4.69, 9.17) is 21.7 Å². The summed E-state index contributed by atoms with van der Waals surface area (Å²) in [6.07, 6.45) is 0. The van der Waals surface area contributed by atoms with Crippen LogP contribution in [0, 0.1) is 17.2 Å². The molecule has 0 spiro atoms. The molecule has 0 saturated heterocycles. The van der Waals surface area contributed by atoms with Crippen LogP contribution in [0.3, 0.4) is 0 Å². The highest BCUT2D eigenvalue weighted by Gasteiger charge is 2.24. The molecule has 1 aromatic carbocycles. The van der Waals surface area contributed by atoms with Gasteiger partial charge in [0.25, 0.3) is 0 Å². The molecule has 1 unspecified atom stereocenters. The molecule has 3 nitrogen and oxygen atoms in total. The summed E-state index contributed by atoms with van der Waals surface area (Å²) in [5.74, 6) is -0.267. The van der Waals surface area contributed by atoms with Crippen molar-refractivity contribution in [1.82, 2.24) is 0 Å². The molecule has 0 bridgehead atoms. The third-order valence-electron chi connectivity index (χ3n) is 2.03. The first-order chi connectivity index (χ1) is 6.81. The standard InChI is InChI=1S/C10H7ClN2O/c11-9-3-1-7(2-4-9)10-8(5-12)6-14-13-10/h1-4,8H,6H2. The van der Waals surface area contributed by atoms with Crippen molar-refractivity contribution in [2.75, 3.05) is 6.61 Å². The fraction of sp³-hybridized carbons (Fsp3) is 0.200. The number of hydrogen-bond donors (Lipinski definition) is 0. The first-order valence-corrected chi connectivity index (χ1v) is 4.54. The Morgan fingerprint density at radius 1 is 1.43 bits per heavy atom. The van der Waals surface area contributed by atoms with E-state index in [0.29, 0.717) is 17.3 Å². The normalized spacial score (nSPS) is 19.7. The molecule has 0 N–H and O–H groups in total. The number of nitriles is 1. The lowest BCUT2D eigenvalue weighted by molar-refractivity contribution is 0.163. The Hall–Kier alpha value is -1.53. The van der Waals surface area contributed by atoms with Crippen LogP contribution in [-0.4, -0.2) is 12.3 Å². The van der Waals surface area contributed by atoms with Gasteiger partial charge in [0.15, 0.2) is 0 Å². The van der Waals surface area contributed by atoms with E-state index in [2.05, 4.69) is 11.2 Å². The third-order valence-corrected chi connectivity index (χ3v) is 2.28. The van der Waals surface area contributed by atoms with Gasteiger partial charge in [-0.25, -0.2) is 0 Å². The molecule has 0 saturated carbocycles. The van der Waals surface area contributed by atoms with Gasteiger partial charge in [0.1, 0.15) is 18.2 Å². The van der Waals surface area contributed by atoms with Crippen LogP contribution in [-0.2, 0) is 4.84 Å². The van der Waals surface area contributed by atoms with Crippen LogP contribution in [0.1, 0.15) is 5.56 Å². The Morgan fingerprint density at radius 2 is 2.14 bits per heavy atom. The molecule has 4 heteroatoms. The Bertz CT molecular complexity index is 405. The third kappa shape index (κ3) is 1.57. The molecule has 0 fully saturated rings. The maximum atomic E-state index is 8.82. The summed E-state index contributed by atoms with van der Waals surface area (Å²) in [6.45, 7) is 0.342. The molecule has 1 aliphatic heterocycles. The van der Waals surface area contributed by atoms with Gasteiger partial charge in [-0.3, -0.25) is 0 Å². The lowest BCUT2D eigenvalue weighted by Crippen LogP contribution is -2.11. The van der Waals surface area contributed by atoms with Crippen LogP contribution in [0.15, 0.2) is 29.4 Å². The zero-order chi connectivity index (χ0) is 9.97. The molecular weight excluding hydrogens is 200 g/mol. The first kappa shape index (κ1) is 9.04. The molecule has 0 aliphatic carbocycles. The van der Waals surface area contributed by atoms with Crippen molar-refractivity contribution >= 4 is 17.3 Å². The summed E-state index contributed by atoms with van der Waals surface area (Å²) in [4.78, 5) is 4.88. The minimum atomic E-state index is -0.267. The second-order valence-corrected chi connectivity index (χ2v) is 3.40. The largest absolute Gasteiger partial charge is 0.394 e. The Morgan fingerprint density at radius 3 is 2.79 bits per heavy atom. The van der Waals surface area contributed by atoms with Gasteiger partial charge < -0.3 is 4.84 Å². The lowest BCUT2D eigenvalue weighted by Gasteiger charge is -2.01. The van der Waals surface area contributed by atoms with Crippen molar-refractivity contribution < 1.29 is 4.84 Å². The quantitative estimate of drug-likeness (QED) is 0.707. The van der Waals surface area contributed by atoms with E-state index in [1.807, 2.05) is 12.1 Å². The van der Waals surface area contributed by atoms with Gasteiger partial charge in [0, 0.05) is 10.6 Å². The van der Waals surface area contributed by atoms with Crippen molar-refractivity contribution in [2.24, 2.45) is 11.1 Å². The van der Waals surface area contributed by atoms with Gasteiger partial charge in [-0.1, -0.05) is 28.9 Å². The SMILES string of the molecule is N#CC1CON=C1c1ccc(Cl)cc1. The minimum absolute atomic E-state index is 0.267. The Balaban J connectivity index is 2.32. The van der Waals surface area contributed by atoms with Gasteiger partial charge in [0.05, 0.1) is 6.07 Å². The van der Waals surface area contributed by atoms with Crippen molar-refractivity contribution in [3.8, 4) is 6.07 Å². The number of nitrogens with zero attached hydrogens (tertiary/aromatic N) is 2. The van der Waals surface area contributed by atoms with Gasteiger partial charge in [-0.15, -0.1) is 0 Å². The average molecular weight is 207 g/mol. The van der Waals surface area contributed by atoms with Crippen LogP contribution >= 0.6 is 11.6 Å². The van der Waals surface area contributed by atoms with E-state index in [1.165, 1.54) is 0 Å². The van der Waals surface area contributed by atoms with Gasteiger partial charge in [-0.2, -0.15) is 5.26 Å². The molecule has 0 aromatic heterocycles. The smallest absolute Gasteiger partial charge is 0.138 e. The highest BCUT2D eigenvalue weighted by molar-refractivity contribution is 6.30.